The predicted molar refractivity (Wildman–Crippen MR) is 106 cm³/mol. The summed E-state index contributed by atoms with van der Waals surface area (Å²) in [6.45, 7) is 0. The summed E-state index contributed by atoms with van der Waals surface area (Å²) in [7, 11) is 1.37. The number of ether oxygens (including phenoxy) is 1. The Bertz CT molecular complexity index is 1070. The topological polar surface area (TPSA) is 89.0 Å². The molecule has 27 heavy (non-hydrogen) atoms. The van der Waals surface area contributed by atoms with Crippen molar-refractivity contribution in [1.82, 2.24) is 4.98 Å². The molecule has 134 valence electrons. The zero-order valence-electron chi connectivity index (χ0n) is 14.0. The highest BCUT2D eigenvalue weighted by molar-refractivity contribution is 7.11. The molecule has 3 rings (SSSR count). The van der Waals surface area contributed by atoms with Gasteiger partial charge < -0.3 is 4.74 Å². The molecule has 0 atom stereocenters. The van der Waals surface area contributed by atoms with Crippen molar-refractivity contribution in [2.75, 3.05) is 7.11 Å². The van der Waals surface area contributed by atoms with Gasteiger partial charge in [-0.2, -0.15) is 5.26 Å². The number of hydrogen-bond donors (Lipinski definition) is 0. The van der Waals surface area contributed by atoms with Crippen molar-refractivity contribution in [1.29, 1.82) is 5.26 Å². The molecule has 8 heteroatoms. The van der Waals surface area contributed by atoms with Crippen LogP contribution in [-0.2, 0) is 0 Å². The number of nitrogens with zero attached hydrogens (tertiary/aromatic N) is 3. The highest BCUT2D eigenvalue weighted by Gasteiger charge is 2.15. The Kier molecular flexibility index (Phi) is 5.50. The molecule has 0 amide bonds. The number of halogens is 1. The third kappa shape index (κ3) is 4.14. The van der Waals surface area contributed by atoms with Gasteiger partial charge in [-0.05, 0) is 29.8 Å². The minimum Gasteiger partial charge on any atom is -0.490 e. The number of benzene rings is 2. The van der Waals surface area contributed by atoms with Gasteiger partial charge in [-0.3, -0.25) is 10.1 Å². The lowest BCUT2D eigenvalue weighted by atomic mass is 10.1. The quantitative estimate of drug-likeness (QED) is 0.324. The third-order valence-corrected chi connectivity index (χ3v) is 4.83. The number of thiazole rings is 1. The number of aromatic nitrogens is 1. The molecule has 3 aromatic rings. The molecule has 0 unspecified atom stereocenters. The van der Waals surface area contributed by atoms with E-state index in [0.717, 1.165) is 11.3 Å². The molecule has 2 aromatic carbocycles. The molecule has 0 aliphatic carbocycles. The molecule has 0 spiro atoms. The van der Waals surface area contributed by atoms with Gasteiger partial charge >= 0.3 is 5.69 Å². The summed E-state index contributed by atoms with van der Waals surface area (Å²) < 4.78 is 4.99. The summed E-state index contributed by atoms with van der Waals surface area (Å²) in [6.07, 6.45) is 1.57. The minimum absolute atomic E-state index is 0.162. The van der Waals surface area contributed by atoms with Crippen LogP contribution in [0.2, 0.25) is 5.02 Å². The van der Waals surface area contributed by atoms with Crippen molar-refractivity contribution in [2.24, 2.45) is 0 Å². The SMILES string of the molecule is COc1ccc(/C=C(\C#N)c2nc(-c3ccc(Cl)cc3)cs2)cc1[N+](=O)[O-]. The number of allylic oxidation sites excluding steroid dienone is 1. The summed E-state index contributed by atoms with van der Waals surface area (Å²) in [6, 6.07) is 13.9. The van der Waals surface area contributed by atoms with Crippen LogP contribution in [0.25, 0.3) is 22.9 Å². The van der Waals surface area contributed by atoms with Crippen LogP contribution in [0.4, 0.5) is 5.69 Å². The average molecular weight is 398 g/mol. The van der Waals surface area contributed by atoms with Crippen molar-refractivity contribution in [3.63, 3.8) is 0 Å². The smallest absolute Gasteiger partial charge is 0.311 e. The van der Waals surface area contributed by atoms with E-state index < -0.39 is 4.92 Å². The van der Waals surface area contributed by atoms with E-state index in [0.29, 0.717) is 21.2 Å². The third-order valence-electron chi connectivity index (χ3n) is 3.71. The maximum Gasteiger partial charge on any atom is 0.311 e. The van der Waals surface area contributed by atoms with E-state index in [2.05, 4.69) is 11.1 Å². The summed E-state index contributed by atoms with van der Waals surface area (Å²) in [5.74, 6) is 0.162. The van der Waals surface area contributed by atoms with Gasteiger partial charge in [-0.15, -0.1) is 11.3 Å². The first-order valence-corrected chi connectivity index (χ1v) is 8.93. The van der Waals surface area contributed by atoms with E-state index in [9.17, 15) is 15.4 Å². The number of nitriles is 1. The summed E-state index contributed by atoms with van der Waals surface area (Å²) in [5, 5.41) is 23.7. The van der Waals surface area contributed by atoms with E-state index in [1.807, 2.05) is 17.5 Å². The van der Waals surface area contributed by atoms with Crippen molar-refractivity contribution in [2.45, 2.75) is 0 Å². The van der Waals surface area contributed by atoms with Crippen molar-refractivity contribution in [3.05, 3.63) is 73.6 Å². The second kappa shape index (κ2) is 7.99. The summed E-state index contributed by atoms with van der Waals surface area (Å²) in [4.78, 5) is 15.1. The molecule has 0 aliphatic heterocycles. The Morgan fingerprint density at radius 2 is 2.07 bits per heavy atom. The molecule has 1 heterocycles. The molecule has 0 bridgehead atoms. The Balaban J connectivity index is 1.96. The minimum atomic E-state index is -0.524. The largest absolute Gasteiger partial charge is 0.490 e. The van der Waals surface area contributed by atoms with Crippen LogP contribution in [0.5, 0.6) is 5.75 Å². The fraction of sp³-hybridized carbons (Fsp3) is 0.0526. The second-order valence-corrected chi connectivity index (χ2v) is 6.70. The normalized spacial score (nSPS) is 11.1. The van der Waals surface area contributed by atoms with Gasteiger partial charge in [-0.1, -0.05) is 29.8 Å². The summed E-state index contributed by atoms with van der Waals surface area (Å²) in [5.41, 5.74) is 2.29. The first kappa shape index (κ1) is 18.6. The van der Waals surface area contributed by atoms with Gasteiger partial charge in [0.1, 0.15) is 11.1 Å². The van der Waals surface area contributed by atoms with Crippen LogP contribution >= 0.6 is 22.9 Å². The fourth-order valence-corrected chi connectivity index (χ4v) is 3.32. The number of nitro groups is 1. The highest BCUT2D eigenvalue weighted by atomic mass is 35.5. The molecule has 0 saturated carbocycles. The predicted octanol–water partition coefficient (Wildman–Crippen LogP) is 5.44. The number of nitro benzene ring substituents is 1. The van der Waals surface area contributed by atoms with E-state index in [1.54, 1.807) is 24.3 Å². The van der Waals surface area contributed by atoms with Crippen LogP contribution in [-0.4, -0.2) is 17.0 Å². The van der Waals surface area contributed by atoms with Crippen LogP contribution in [0.1, 0.15) is 10.6 Å². The van der Waals surface area contributed by atoms with Crippen molar-refractivity contribution in [3.8, 4) is 23.1 Å². The number of rotatable bonds is 5. The number of methoxy groups -OCH3 is 1. The lowest BCUT2D eigenvalue weighted by Gasteiger charge is -2.02. The maximum absolute atomic E-state index is 11.2. The van der Waals surface area contributed by atoms with Gasteiger partial charge in [0.15, 0.2) is 5.75 Å². The summed E-state index contributed by atoms with van der Waals surface area (Å²) >= 11 is 7.22. The Hall–Kier alpha value is -3.21. The number of hydrogen-bond acceptors (Lipinski definition) is 6. The molecular weight excluding hydrogens is 386 g/mol. The van der Waals surface area contributed by atoms with Crippen LogP contribution in [0.3, 0.4) is 0 Å². The van der Waals surface area contributed by atoms with Crippen LogP contribution in [0, 0.1) is 21.4 Å². The zero-order valence-corrected chi connectivity index (χ0v) is 15.6. The standard InChI is InChI=1S/C19H12ClN3O3S/c1-26-18-7-2-12(9-17(18)23(24)25)8-14(10-21)19-22-16(11-27-19)13-3-5-15(20)6-4-13/h2-9,11H,1H3/b14-8+. The molecule has 0 aliphatic rings. The monoisotopic (exact) mass is 397 g/mol. The van der Waals surface area contributed by atoms with E-state index >= 15 is 0 Å². The fourth-order valence-electron chi connectivity index (χ4n) is 2.40. The van der Waals surface area contributed by atoms with Crippen LogP contribution in [0.15, 0.2) is 47.8 Å². The zero-order chi connectivity index (χ0) is 19.4. The Morgan fingerprint density at radius 1 is 1.33 bits per heavy atom. The molecule has 0 saturated heterocycles. The van der Waals surface area contributed by atoms with E-state index in [1.165, 1.54) is 30.6 Å². The second-order valence-electron chi connectivity index (χ2n) is 5.40. The molecule has 0 N–H and O–H groups in total. The van der Waals surface area contributed by atoms with Gasteiger partial charge in [0, 0.05) is 22.0 Å². The van der Waals surface area contributed by atoms with Gasteiger partial charge in [-0.25, -0.2) is 4.98 Å². The Morgan fingerprint density at radius 3 is 2.70 bits per heavy atom. The first-order valence-electron chi connectivity index (χ1n) is 7.68. The molecular formula is C19H12ClN3O3S. The van der Waals surface area contributed by atoms with Gasteiger partial charge in [0.2, 0.25) is 0 Å². The lowest BCUT2D eigenvalue weighted by Crippen LogP contribution is -1.94. The van der Waals surface area contributed by atoms with Crippen molar-refractivity contribution >= 4 is 40.3 Å². The van der Waals surface area contributed by atoms with Crippen LogP contribution < -0.4 is 4.74 Å². The molecule has 6 nitrogen and oxygen atoms in total. The van der Waals surface area contributed by atoms with Gasteiger partial charge in [0.25, 0.3) is 0 Å². The van der Waals surface area contributed by atoms with Crippen molar-refractivity contribution < 1.29 is 9.66 Å². The average Bonchev–Trinajstić information content (AvgIpc) is 3.16. The van der Waals surface area contributed by atoms with E-state index in [4.69, 9.17) is 16.3 Å². The maximum atomic E-state index is 11.2. The molecule has 0 fully saturated rings. The van der Waals surface area contributed by atoms with E-state index in [-0.39, 0.29) is 11.4 Å². The lowest BCUT2D eigenvalue weighted by molar-refractivity contribution is -0.385. The Labute approximate surface area is 164 Å². The van der Waals surface area contributed by atoms with Gasteiger partial charge in [0.05, 0.1) is 23.3 Å². The molecule has 1 aromatic heterocycles. The molecule has 0 radical (unpaired) electrons. The highest BCUT2D eigenvalue weighted by Crippen LogP contribution is 2.31. The first-order chi connectivity index (χ1) is 13.0.